The summed E-state index contributed by atoms with van der Waals surface area (Å²) in [4.78, 5) is 11.8. The van der Waals surface area contributed by atoms with Crippen LogP contribution in [0.2, 0.25) is 5.02 Å². The lowest BCUT2D eigenvalue weighted by molar-refractivity contribution is 0.101. The maximum absolute atomic E-state index is 11.8. The van der Waals surface area contributed by atoms with Crippen molar-refractivity contribution in [3.05, 3.63) is 52.5 Å². The molecule has 0 unspecified atom stereocenters. The summed E-state index contributed by atoms with van der Waals surface area (Å²) in [6.07, 6.45) is 0. The van der Waals surface area contributed by atoms with Crippen molar-refractivity contribution in [3.63, 3.8) is 0 Å². The number of rotatable bonds is 4. The largest absolute Gasteiger partial charge is 0.493 e. The van der Waals surface area contributed by atoms with Gasteiger partial charge in [0.1, 0.15) is 5.75 Å². The standard InChI is InChI=1S/C17H17ClO2/c1-4-20-17-8-5-13(10-16(17)12(3)19)15-7-6-14(18)9-11(15)2/h5-10H,4H2,1-3H3. The van der Waals surface area contributed by atoms with Crippen LogP contribution in [0.1, 0.15) is 29.8 Å². The Balaban J connectivity index is 2.53. The number of benzene rings is 2. The highest BCUT2D eigenvalue weighted by Gasteiger charge is 2.11. The molecule has 2 nitrogen and oxygen atoms in total. The van der Waals surface area contributed by atoms with Crippen molar-refractivity contribution in [2.24, 2.45) is 0 Å². The summed E-state index contributed by atoms with van der Waals surface area (Å²) in [5.41, 5.74) is 3.75. The molecule has 0 aliphatic rings. The van der Waals surface area contributed by atoms with Crippen molar-refractivity contribution in [1.29, 1.82) is 0 Å². The SMILES string of the molecule is CCOc1ccc(-c2ccc(Cl)cc2C)cc1C(C)=O. The van der Waals surface area contributed by atoms with Gasteiger partial charge in [0.05, 0.1) is 12.2 Å². The molecule has 2 rings (SSSR count). The molecule has 0 amide bonds. The van der Waals surface area contributed by atoms with Gasteiger partial charge in [-0.2, -0.15) is 0 Å². The lowest BCUT2D eigenvalue weighted by Gasteiger charge is -2.12. The van der Waals surface area contributed by atoms with E-state index in [2.05, 4.69) is 0 Å². The second-order valence-corrected chi connectivity index (χ2v) is 5.10. The average molecular weight is 289 g/mol. The van der Waals surface area contributed by atoms with Crippen molar-refractivity contribution in [1.82, 2.24) is 0 Å². The minimum Gasteiger partial charge on any atom is -0.493 e. The first-order valence-electron chi connectivity index (χ1n) is 6.57. The smallest absolute Gasteiger partial charge is 0.163 e. The Kier molecular flexibility index (Phi) is 4.46. The number of carbonyl (C=O) groups excluding carboxylic acids is 1. The molecule has 0 bridgehead atoms. The summed E-state index contributed by atoms with van der Waals surface area (Å²) in [7, 11) is 0. The third-order valence-electron chi connectivity index (χ3n) is 3.16. The van der Waals surface area contributed by atoms with E-state index < -0.39 is 0 Å². The fourth-order valence-electron chi connectivity index (χ4n) is 2.20. The van der Waals surface area contributed by atoms with Crippen LogP contribution < -0.4 is 4.74 Å². The molecule has 2 aromatic rings. The molecular formula is C17H17ClO2. The van der Waals surface area contributed by atoms with Gasteiger partial charge in [-0.25, -0.2) is 0 Å². The quantitative estimate of drug-likeness (QED) is 0.747. The first-order chi connectivity index (χ1) is 9.52. The molecule has 0 saturated heterocycles. The third kappa shape index (κ3) is 3.02. The molecule has 0 radical (unpaired) electrons. The van der Waals surface area contributed by atoms with Gasteiger partial charge in [0.2, 0.25) is 0 Å². The second kappa shape index (κ2) is 6.10. The Morgan fingerprint density at radius 2 is 1.95 bits per heavy atom. The summed E-state index contributed by atoms with van der Waals surface area (Å²) in [6, 6.07) is 11.4. The van der Waals surface area contributed by atoms with Crippen LogP contribution in [0, 0.1) is 6.92 Å². The average Bonchev–Trinajstić information content (AvgIpc) is 2.39. The van der Waals surface area contributed by atoms with Gasteiger partial charge in [-0.05, 0) is 61.7 Å². The van der Waals surface area contributed by atoms with E-state index in [0.29, 0.717) is 22.9 Å². The summed E-state index contributed by atoms with van der Waals surface area (Å²) >= 11 is 5.98. The van der Waals surface area contributed by atoms with Gasteiger partial charge in [0.15, 0.2) is 5.78 Å². The number of ether oxygens (including phenoxy) is 1. The molecule has 0 aromatic heterocycles. The lowest BCUT2D eigenvalue weighted by atomic mass is 9.97. The van der Waals surface area contributed by atoms with E-state index in [-0.39, 0.29) is 5.78 Å². The number of carbonyl (C=O) groups is 1. The molecule has 0 saturated carbocycles. The van der Waals surface area contributed by atoms with E-state index in [9.17, 15) is 4.79 Å². The van der Waals surface area contributed by atoms with E-state index in [0.717, 1.165) is 16.7 Å². The molecule has 0 spiro atoms. The van der Waals surface area contributed by atoms with Crippen molar-refractivity contribution in [3.8, 4) is 16.9 Å². The minimum absolute atomic E-state index is 0.00177. The lowest BCUT2D eigenvalue weighted by Crippen LogP contribution is -2.01. The number of hydrogen-bond donors (Lipinski definition) is 0. The molecule has 104 valence electrons. The Morgan fingerprint density at radius 1 is 1.20 bits per heavy atom. The molecule has 3 heteroatoms. The zero-order valence-corrected chi connectivity index (χ0v) is 12.6. The first kappa shape index (κ1) is 14.6. The molecule has 0 aliphatic heterocycles. The number of aryl methyl sites for hydroxylation is 1. The monoisotopic (exact) mass is 288 g/mol. The van der Waals surface area contributed by atoms with Crippen molar-refractivity contribution in [2.45, 2.75) is 20.8 Å². The Labute approximate surface area is 124 Å². The predicted molar refractivity (Wildman–Crippen MR) is 82.8 cm³/mol. The zero-order valence-electron chi connectivity index (χ0n) is 11.9. The van der Waals surface area contributed by atoms with Gasteiger partial charge >= 0.3 is 0 Å². The van der Waals surface area contributed by atoms with Crippen LogP contribution in [-0.4, -0.2) is 12.4 Å². The summed E-state index contributed by atoms with van der Waals surface area (Å²) < 4.78 is 5.50. The summed E-state index contributed by atoms with van der Waals surface area (Å²) in [6.45, 7) is 6.00. The molecule has 0 aliphatic carbocycles. The Bertz CT molecular complexity index is 647. The minimum atomic E-state index is 0.00177. The van der Waals surface area contributed by atoms with Crippen LogP contribution >= 0.6 is 11.6 Å². The Morgan fingerprint density at radius 3 is 2.55 bits per heavy atom. The number of hydrogen-bond acceptors (Lipinski definition) is 2. The summed E-state index contributed by atoms with van der Waals surface area (Å²) in [5, 5.41) is 0.712. The van der Waals surface area contributed by atoms with Gasteiger partial charge in [0, 0.05) is 5.02 Å². The molecule has 0 atom stereocenters. The maximum atomic E-state index is 11.8. The van der Waals surface area contributed by atoms with E-state index >= 15 is 0 Å². The molecular weight excluding hydrogens is 272 g/mol. The molecule has 0 N–H and O–H groups in total. The number of ketones is 1. The topological polar surface area (TPSA) is 26.3 Å². The highest BCUT2D eigenvalue weighted by atomic mass is 35.5. The molecule has 2 aromatic carbocycles. The van der Waals surface area contributed by atoms with Crippen molar-refractivity contribution < 1.29 is 9.53 Å². The van der Waals surface area contributed by atoms with Crippen LogP contribution in [0.4, 0.5) is 0 Å². The third-order valence-corrected chi connectivity index (χ3v) is 3.39. The number of halogens is 1. The summed E-state index contributed by atoms with van der Waals surface area (Å²) in [5.74, 6) is 0.636. The van der Waals surface area contributed by atoms with E-state index in [1.54, 1.807) is 6.92 Å². The molecule has 0 heterocycles. The van der Waals surface area contributed by atoms with Gasteiger partial charge in [-0.15, -0.1) is 0 Å². The van der Waals surface area contributed by atoms with Gasteiger partial charge in [-0.3, -0.25) is 4.79 Å². The van der Waals surface area contributed by atoms with Gasteiger partial charge in [0.25, 0.3) is 0 Å². The number of Topliss-reactive ketones (excluding diaryl/α,β-unsaturated/α-hetero) is 1. The van der Waals surface area contributed by atoms with Gasteiger partial charge < -0.3 is 4.74 Å². The Hall–Kier alpha value is -1.80. The van der Waals surface area contributed by atoms with Crippen molar-refractivity contribution >= 4 is 17.4 Å². The molecule has 20 heavy (non-hydrogen) atoms. The fraction of sp³-hybridized carbons (Fsp3) is 0.235. The van der Waals surface area contributed by atoms with Crippen LogP contribution in [0.3, 0.4) is 0 Å². The van der Waals surface area contributed by atoms with Gasteiger partial charge in [-0.1, -0.05) is 23.7 Å². The van der Waals surface area contributed by atoms with Crippen LogP contribution in [-0.2, 0) is 0 Å². The normalized spacial score (nSPS) is 10.4. The highest BCUT2D eigenvalue weighted by Crippen LogP contribution is 2.30. The maximum Gasteiger partial charge on any atom is 0.163 e. The van der Waals surface area contributed by atoms with Crippen LogP contribution in [0.25, 0.3) is 11.1 Å². The van der Waals surface area contributed by atoms with E-state index in [1.165, 1.54) is 0 Å². The zero-order chi connectivity index (χ0) is 14.7. The first-order valence-corrected chi connectivity index (χ1v) is 6.95. The van der Waals surface area contributed by atoms with Crippen LogP contribution in [0.15, 0.2) is 36.4 Å². The predicted octanol–water partition coefficient (Wildman–Crippen LogP) is 4.92. The fourth-order valence-corrected chi connectivity index (χ4v) is 2.43. The van der Waals surface area contributed by atoms with Crippen molar-refractivity contribution in [2.75, 3.05) is 6.61 Å². The van der Waals surface area contributed by atoms with E-state index in [1.807, 2.05) is 50.2 Å². The molecule has 0 fully saturated rings. The van der Waals surface area contributed by atoms with E-state index in [4.69, 9.17) is 16.3 Å². The highest BCUT2D eigenvalue weighted by molar-refractivity contribution is 6.30. The second-order valence-electron chi connectivity index (χ2n) is 4.66. The van der Waals surface area contributed by atoms with Crippen LogP contribution in [0.5, 0.6) is 5.75 Å².